The normalized spacial score (nSPS) is 36.7. The van der Waals surface area contributed by atoms with Crippen molar-refractivity contribution in [1.82, 2.24) is 9.97 Å². The van der Waals surface area contributed by atoms with Crippen LogP contribution in [-0.2, 0) is 4.74 Å². The van der Waals surface area contributed by atoms with Crippen molar-refractivity contribution in [3.8, 4) is 0 Å². The van der Waals surface area contributed by atoms with Gasteiger partial charge in [0.1, 0.15) is 23.7 Å². The van der Waals surface area contributed by atoms with E-state index in [2.05, 4.69) is 9.97 Å². The van der Waals surface area contributed by atoms with Gasteiger partial charge in [0.2, 0.25) is 0 Å². The van der Waals surface area contributed by atoms with E-state index in [0.29, 0.717) is 5.16 Å². The maximum atomic E-state index is 9.61. The molecule has 2 heterocycles. The van der Waals surface area contributed by atoms with E-state index < -0.39 is 23.7 Å². The number of hydrogen-bond acceptors (Lipinski definition) is 6. The summed E-state index contributed by atoms with van der Waals surface area (Å²) >= 11 is 1.18. The molecule has 0 aromatic carbocycles. The topological polar surface area (TPSA) is 98.6 Å². The summed E-state index contributed by atoms with van der Waals surface area (Å²) in [5.41, 5.74) is -0.616. The number of ether oxygens (including phenoxy) is 1. The second-order valence-electron chi connectivity index (χ2n) is 3.26. The summed E-state index contributed by atoms with van der Waals surface area (Å²) in [7, 11) is 0. The van der Waals surface area contributed by atoms with E-state index in [1.165, 1.54) is 11.8 Å². The fourth-order valence-electron chi connectivity index (χ4n) is 1.31. The summed E-state index contributed by atoms with van der Waals surface area (Å²) in [5, 5.41) is 28.9. The Labute approximate surface area is 90.3 Å². The number of hydrogen-bond donors (Lipinski definition) is 4. The molecule has 0 saturated carbocycles. The molecular formula is C8H12N2O4S. The molecule has 6 nitrogen and oxygen atoms in total. The molecule has 0 unspecified atom stereocenters. The van der Waals surface area contributed by atoms with Gasteiger partial charge in [0.05, 0.1) is 6.61 Å². The molecule has 0 bridgehead atoms. The number of rotatable bonds is 2. The van der Waals surface area contributed by atoms with Crippen molar-refractivity contribution < 1.29 is 20.1 Å². The second-order valence-corrected chi connectivity index (χ2v) is 4.35. The molecule has 1 fully saturated rings. The van der Waals surface area contributed by atoms with Crippen LogP contribution in [0.1, 0.15) is 0 Å². The maximum absolute atomic E-state index is 9.61. The van der Waals surface area contributed by atoms with Crippen LogP contribution in [0.15, 0.2) is 17.6 Å². The van der Waals surface area contributed by atoms with Gasteiger partial charge in [-0.25, -0.2) is 4.98 Å². The van der Waals surface area contributed by atoms with Crippen molar-refractivity contribution in [3.63, 3.8) is 0 Å². The van der Waals surface area contributed by atoms with Gasteiger partial charge in [0, 0.05) is 12.4 Å². The first kappa shape index (κ1) is 10.9. The molecule has 0 radical (unpaired) electrons. The van der Waals surface area contributed by atoms with E-state index >= 15 is 0 Å². The first-order valence-electron chi connectivity index (χ1n) is 4.50. The van der Waals surface area contributed by atoms with Crippen LogP contribution in [0.3, 0.4) is 0 Å². The lowest BCUT2D eigenvalue weighted by Crippen LogP contribution is -2.51. The summed E-state index contributed by atoms with van der Waals surface area (Å²) in [4.78, 5) is 6.81. The lowest BCUT2D eigenvalue weighted by atomic mass is 10.1. The minimum absolute atomic E-state index is 0.0105. The number of aliphatic hydroxyl groups excluding tert-OH is 3. The smallest absolute Gasteiger partial charge is 0.167 e. The van der Waals surface area contributed by atoms with Crippen LogP contribution < -0.4 is 0 Å². The predicted molar refractivity (Wildman–Crippen MR) is 52.2 cm³/mol. The predicted octanol–water partition coefficient (Wildman–Crippen LogP) is -1.06. The Balaban J connectivity index is 1.98. The van der Waals surface area contributed by atoms with Crippen LogP contribution in [0, 0.1) is 0 Å². The highest BCUT2D eigenvalue weighted by atomic mass is 32.2. The summed E-state index contributed by atoms with van der Waals surface area (Å²) in [6, 6.07) is 0. The average Bonchev–Trinajstić information content (AvgIpc) is 2.72. The molecular weight excluding hydrogens is 220 g/mol. The Bertz CT molecular complexity index is 308. The van der Waals surface area contributed by atoms with Gasteiger partial charge in [-0.3, -0.25) is 0 Å². The average molecular weight is 232 g/mol. The van der Waals surface area contributed by atoms with Crippen LogP contribution in [0.5, 0.6) is 0 Å². The first-order chi connectivity index (χ1) is 7.18. The number of aromatic amines is 1. The van der Waals surface area contributed by atoms with Crippen molar-refractivity contribution in [3.05, 3.63) is 12.4 Å². The van der Waals surface area contributed by atoms with Gasteiger partial charge in [-0.2, -0.15) is 0 Å². The van der Waals surface area contributed by atoms with Crippen molar-refractivity contribution in [2.45, 2.75) is 28.9 Å². The highest BCUT2D eigenvalue weighted by molar-refractivity contribution is 7.99. The molecule has 84 valence electrons. The lowest BCUT2D eigenvalue weighted by molar-refractivity contribution is -0.161. The minimum Gasteiger partial charge on any atom is -0.388 e. The fraction of sp³-hybridized carbons (Fsp3) is 0.625. The quantitative estimate of drug-likeness (QED) is 0.519. The van der Waals surface area contributed by atoms with Gasteiger partial charge in [0.25, 0.3) is 0 Å². The third kappa shape index (κ3) is 2.32. The zero-order valence-electron chi connectivity index (χ0n) is 7.78. The van der Waals surface area contributed by atoms with E-state index in [0.717, 1.165) is 0 Å². The number of nitrogens with one attached hydrogen (secondary N) is 1. The third-order valence-corrected chi connectivity index (χ3v) is 3.25. The molecule has 1 aromatic heterocycles. The summed E-state index contributed by atoms with van der Waals surface area (Å²) in [6.45, 7) is 0.0105. The molecule has 0 amide bonds. The summed E-state index contributed by atoms with van der Waals surface area (Å²) in [6.07, 6.45) is -0.0884. The SMILES string of the molecule is O[C@H]1[C@H](O)[C@H](Sc2ncc[nH]2)OC[C@H]1O. The molecule has 1 aliphatic heterocycles. The molecule has 7 heteroatoms. The molecule has 1 aromatic rings. The molecule has 1 saturated heterocycles. The lowest BCUT2D eigenvalue weighted by Gasteiger charge is -2.34. The maximum Gasteiger partial charge on any atom is 0.167 e. The molecule has 4 atom stereocenters. The van der Waals surface area contributed by atoms with E-state index in [1.807, 2.05) is 0 Å². The number of H-pyrrole nitrogens is 1. The highest BCUT2D eigenvalue weighted by Crippen LogP contribution is 2.28. The number of aromatic nitrogens is 2. The van der Waals surface area contributed by atoms with Crippen molar-refractivity contribution in [2.75, 3.05) is 6.61 Å². The molecule has 0 spiro atoms. The van der Waals surface area contributed by atoms with E-state index in [9.17, 15) is 15.3 Å². The molecule has 1 aliphatic rings. The standard InChI is InChI=1S/C8H12N2O4S/c11-4-3-14-7(6(13)5(4)12)15-8-9-1-2-10-8/h1-2,4-7,11-13H,3H2,(H,9,10)/t4-,5-,6+,7+/m1/s1. The van der Waals surface area contributed by atoms with Gasteiger partial charge in [0.15, 0.2) is 5.16 Å². The van der Waals surface area contributed by atoms with E-state index in [1.54, 1.807) is 12.4 Å². The zero-order chi connectivity index (χ0) is 10.8. The Morgan fingerprint density at radius 1 is 1.40 bits per heavy atom. The van der Waals surface area contributed by atoms with Crippen molar-refractivity contribution >= 4 is 11.8 Å². The Kier molecular flexibility index (Phi) is 3.27. The number of imidazole rings is 1. The molecule has 4 N–H and O–H groups in total. The zero-order valence-corrected chi connectivity index (χ0v) is 8.59. The number of thioether (sulfide) groups is 1. The number of nitrogens with zero attached hydrogens (tertiary/aromatic N) is 1. The van der Waals surface area contributed by atoms with Crippen LogP contribution in [0.25, 0.3) is 0 Å². The van der Waals surface area contributed by atoms with Gasteiger partial charge < -0.3 is 25.0 Å². The van der Waals surface area contributed by atoms with E-state index in [4.69, 9.17) is 4.74 Å². The first-order valence-corrected chi connectivity index (χ1v) is 5.38. The van der Waals surface area contributed by atoms with Crippen molar-refractivity contribution in [1.29, 1.82) is 0 Å². The minimum atomic E-state index is -1.17. The Morgan fingerprint density at radius 3 is 2.87 bits per heavy atom. The summed E-state index contributed by atoms with van der Waals surface area (Å²) in [5.74, 6) is 0. The monoisotopic (exact) mass is 232 g/mol. The molecule has 15 heavy (non-hydrogen) atoms. The molecule has 0 aliphatic carbocycles. The Hall–Kier alpha value is -0.600. The van der Waals surface area contributed by atoms with Gasteiger partial charge in [-0.1, -0.05) is 11.8 Å². The fourth-order valence-corrected chi connectivity index (χ4v) is 2.23. The third-order valence-electron chi connectivity index (χ3n) is 2.16. The Morgan fingerprint density at radius 2 is 2.20 bits per heavy atom. The van der Waals surface area contributed by atoms with Gasteiger partial charge in [-0.05, 0) is 0 Å². The van der Waals surface area contributed by atoms with Crippen LogP contribution in [0.2, 0.25) is 0 Å². The summed E-state index contributed by atoms with van der Waals surface area (Å²) < 4.78 is 5.19. The van der Waals surface area contributed by atoms with Crippen LogP contribution in [0.4, 0.5) is 0 Å². The highest BCUT2D eigenvalue weighted by Gasteiger charge is 2.38. The van der Waals surface area contributed by atoms with Crippen LogP contribution >= 0.6 is 11.8 Å². The molecule has 2 rings (SSSR count). The second kappa shape index (κ2) is 4.50. The largest absolute Gasteiger partial charge is 0.388 e. The van der Waals surface area contributed by atoms with Gasteiger partial charge >= 0.3 is 0 Å². The van der Waals surface area contributed by atoms with Crippen molar-refractivity contribution in [2.24, 2.45) is 0 Å². The van der Waals surface area contributed by atoms with E-state index in [-0.39, 0.29) is 6.61 Å². The van der Waals surface area contributed by atoms with Gasteiger partial charge in [-0.15, -0.1) is 0 Å². The van der Waals surface area contributed by atoms with Crippen LogP contribution in [-0.4, -0.2) is 55.6 Å². The number of aliphatic hydroxyl groups is 3.